The van der Waals surface area contributed by atoms with Crippen molar-refractivity contribution in [3.05, 3.63) is 36.5 Å². The van der Waals surface area contributed by atoms with Gasteiger partial charge in [-0.25, -0.2) is 0 Å². The number of allylic oxidation sites excluding steroid dienone is 5. The van der Waals surface area contributed by atoms with E-state index in [0.717, 1.165) is 0 Å². The summed E-state index contributed by atoms with van der Waals surface area (Å²) < 4.78 is 12.1. The summed E-state index contributed by atoms with van der Waals surface area (Å²) in [6.45, 7) is 11.1. The summed E-state index contributed by atoms with van der Waals surface area (Å²) >= 11 is 0. The third-order valence-corrected chi connectivity index (χ3v) is 5.50. The first kappa shape index (κ1) is 16.1. The van der Waals surface area contributed by atoms with Crippen LogP contribution >= 0.6 is 7.80 Å². The average Bonchev–Trinajstić information content (AvgIpc) is 2.35. The monoisotopic (exact) mass is 254 g/mol. The van der Waals surface area contributed by atoms with Crippen LogP contribution < -0.4 is 0 Å². The standard InChI is InChI=1S/C14H23O2P/c1-6-10-12(11-7-2)13(15)14(5,8-3)17(16)9-4/h6-7,10-11,17H,1,8-9H2,2-5H3/b11-7-,12-10+. The molecule has 0 aromatic rings. The molecule has 0 heterocycles. The molecule has 0 spiro atoms. The summed E-state index contributed by atoms with van der Waals surface area (Å²) in [5.74, 6) is -0.0382. The van der Waals surface area contributed by atoms with E-state index >= 15 is 0 Å². The van der Waals surface area contributed by atoms with Crippen molar-refractivity contribution in [1.82, 2.24) is 0 Å². The number of hydrogen-bond donors (Lipinski definition) is 0. The van der Waals surface area contributed by atoms with E-state index in [2.05, 4.69) is 6.58 Å². The lowest BCUT2D eigenvalue weighted by Crippen LogP contribution is -2.32. The van der Waals surface area contributed by atoms with Crippen molar-refractivity contribution in [2.24, 2.45) is 0 Å². The Bertz CT molecular complexity index is 366. The molecular formula is C14H23O2P. The van der Waals surface area contributed by atoms with Crippen LogP contribution in [0.15, 0.2) is 36.5 Å². The van der Waals surface area contributed by atoms with Crippen LogP contribution in [-0.4, -0.2) is 17.1 Å². The molecule has 0 aliphatic carbocycles. The Morgan fingerprint density at radius 2 is 2.00 bits per heavy atom. The van der Waals surface area contributed by atoms with Crippen LogP contribution in [0.1, 0.15) is 34.1 Å². The van der Waals surface area contributed by atoms with Crippen molar-refractivity contribution >= 4 is 13.6 Å². The highest BCUT2D eigenvalue weighted by atomic mass is 31.1. The van der Waals surface area contributed by atoms with Gasteiger partial charge in [-0.15, -0.1) is 0 Å². The third-order valence-electron chi connectivity index (χ3n) is 3.05. The number of Topliss-reactive ketones (excluding diaryl/α,β-unsaturated/α-hetero) is 1. The van der Waals surface area contributed by atoms with E-state index in [-0.39, 0.29) is 5.78 Å². The van der Waals surface area contributed by atoms with E-state index in [1.807, 2.05) is 26.8 Å². The summed E-state index contributed by atoms with van der Waals surface area (Å²) in [4.78, 5) is 12.4. The minimum absolute atomic E-state index is 0.0382. The van der Waals surface area contributed by atoms with Gasteiger partial charge in [-0.3, -0.25) is 4.79 Å². The third kappa shape index (κ3) is 3.81. The molecule has 2 unspecified atom stereocenters. The fourth-order valence-electron chi connectivity index (χ4n) is 1.71. The van der Waals surface area contributed by atoms with Crippen molar-refractivity contribution in [2.75, 3.05) is 6.16 Å². The molecule has 0 saturated carbocycles. The van der Waals surface area contributed by atoms with E-state index in [9.17, 15) is 9.36 Å². The van der Waals surface area contributed by atoms with Crippen LogP contribution in [0.5, 0.6) is 0 Å². The molecule has 0 fully saturated rings. The first-order valence-electron chi connectivity index (χ1n) is 6.01. The van der Waals surface area contributed by atoms with Gasteiger partial charge in [-0.1, -0.05) is 44.7 Å². The largest absolute Gasteiger partial charge is 0.326 e. The van der Waals surface area contributed by atoms with Gasteiger partial charge in [0.25, 0.3) is 0 Å². The van der Waals surface area contributed by atoms with E-state index in [4.69, 9.17) is 0 Å². The number of rotatable bonds is 7. The Hall–Kier alpha value is -0.880. The van der Waals surface area contributed by atoms with E-state index < -0.39 is 13.0 Å². The second-order valence-corrected chi connectivity index (χ2v) is 6.81. The van der Waals surface area contributed by atoms with Crippen molar-refractivity contribution < 1.29 is 9.36 Å². The molecule has 0 aliphatic rings. The lowest BCUT2D eigenvalue weighted by molar-refractivity contribution is -0.117. The van der Waals surface area contributed by atoms with Crippen molar-refractivity contribution in [1.29, 1.82) is 0 Å². The van der Waals surface area contributed by atoms with E-state index in [1.54, 1.807) is 25.2 Å². The molecule has 96 valence electrons. The van der Waals surface area contributed by atoms with Gasteiger partial charge in [-0.2, -0.15) is 0 Å². The summed E-state index contributed by atoms with van der Waals surface area (Å²) in [5.41, 5.74) is 0.582. The SMILES string of the molecule is C=C/C=C(\C=C/C)C(=O)C(C)(CC)[PH](=O)CC. The molecule has 2 atom stereocenters. The van der Waals surface area contributed by atoms with Crippen LogP contribution in [0, 0.1) is 0 Å². The predicted molar refractivity (Wildman–Crippen MR) is 76.3 cm³/mol. The Kier molecular flexibility index (Phi) is 7.06. The lowest BCUT2D eigenvalue weighted by atomic mass is 9.95. The highest BCUT2D eigenvalue weighted by Gasteiger charge is 2.37. The number of carbonyl (C=O) groups is 1. The molecule has 0 rings (SSSR count). The van der Waals surface area contributed by atoms with E-state index in [0.29, 0.717) is 18.2 Å². The Morgan fingerprint density at radius 3 is 2.35 bits per heavy atom. The molecular weight excluding hydrogens is 231 g/mol. The quantitative estimate of drug-likeness (QED) is 0.391. The minimum Gasteiger partial charge on any atom is -0.326 e. The topological polar surface area (TPSA) is 34.1 Å². The van der Waals surface area contributed by atoms with Gasteiger partial charge >= 0.3 is 0 Å². The second-order valence-electron chi connectivity index (χ2n) is 4.15. The Labute approximate surface area is 105 Å². The number of ketones is 1. The van der Waals surface area contributed by atoms with Crippen LogP contribution in [0.25, 0.3) is 0 Å². The highest BCUT2D eigenvalue weighted by molar-refractivity contribution is 7.48. The zero-order chi connectivity index (χ0) is 13.5. The van der Waals surface area contributed by atoms with Crippen LogP contribution in [-0.2, 0) is 9.36 Å². The smallest absolute Gasteiger partial charge is 0.175 e. The molecule has 0 N–H and O–H groups in total. The van der Waals surface area contributed by atoms with Gasteiger partial charge in [0.2, 0.25) is 0 Å². The first-order valence-corrected chi connectivity index (χ1v) is 7.62. The normalized spacial score (nSPS) is 17.8. The maximum absolute atomic E-state index is 12.4. The molecule has 0 bridgehead atoms. The first-order chi connectivity index (χ1) is 7.97. The molecule has 0 saturated heterocycles. The second kappa shape index (κ2) is 7.45. The lowest BCUT2D eigenvalue weighted by Gasteiger charge is -2.26. The Balaban J connectivity index is 5.42. The van der Waals surface area contributed by atoms with Crippen LogP contribution in [0.3, 0.4) is 0 Å². The van der Waals surface area contributed by atoms with Crippen molar-refractivity contribution in [2.45, 2.75) is 39.3 Å². The number of hydrogen-bond acceptors (Lipinski definition) is 2. The molecule has 2 nitrogen and oxygen atoms in total. The summed E-state index contributed by atoms with van der Waals surface area (Å²) in [7, 11) is -1.90. The summed E-state index contributed by atoms with van der Waals surface area (Å²) in [6.07, 6.45) is 8.00. The fourth-order valence-corrected chi connectivity index (χ4v) is 3.28. The highest BCUT2D eigenvalue weighted by Crippen LogP contribution is 2.43. The minimum atomic E-state index is -1.90. The zero-order valence-electron chi connectivity index (χ0n) is 11.2. The van der Waals surface area contributed by atoms with Gasteiger partial charge in [0.05, 0.1) is 13.0 Å². The summed E-state index contributed by atoms with van der Waals surface area (Å²) in [6, 6.07) is 0. The molecule has 17 heavy (non-hydrogen) atoms. The molecule has 0 radical (unpaired) electrons. The van der Waals surface area contributed by atoms with Crippen LogP contribution in [0.4, 0.5) is 0 Å². The van der Waals surface area contributed by atoms with Gasteiger partial charge in [0.1, 0.15) is 0 Å². The van der Waals surface area contributed by atoms with Gasteiger partial charge in [0.15, 0.2) is 5.78 Å². The average molecular weight is 254 g/mol. The Morgan fingerprint density at radius 1 is 1.41 bits per heavy atom. The summed E-state index contributed by atoms with van der Waals surface area (Å²) in [5, 5.41) is -0.728. The van der Waals surface area contributed by atoms with Gasteiger partial charge in [-0.05, 0) is 26.4 Å². The molecule has 0 aromatic carbocycles. The van der Waals surface area contributed by atoms with Gasteiger partial charge < -0.3 is 4.57 Å². The molecule has 0 aromatic heterocycles. The maximum Gasteiger partial charge on any atom is 0.175 e. The zero-order valence-corrected chi connectivity index (χ0v) is 12.2. The van der Waals surface area contributed by atoms with Crippen molar-refractivity contribution in [3.8, 4) is 0 Å². The van der Waals surface area contributed by atoms with Crippen molar-refractivity contribution in [3.63, 3.8) is 0 Å². The van der Waals surface area contributed by atoms with E-state index in [1.165, 1.54) is 0 Å². The number of carbonyl (C=O) groups excluding carboxylic acids is 1. The van der Waals surface area contributed by atoms with Crippen LogP contribution in [0.2, 0.25) is 0 Å². The molecule has 3 heteroatoms. The fraction of sp³-hybridized carbons (Fsp3) is 0.500. The predicted octanol–water partition coefficient (Wildman–Crippen LogP) is 3.99. The maximum atomic E-state index is 12.4. The molecule has 0 aliphatic heterocycles. The van der Waals surface area contributed by atoms with Gasteiger partial charge in [0, 0.05) is 5.57 Å². The molecule has 0 amide bonds.